The molecule has 1 aromatic carbocycles. The summed E-state index contributed by atoms with van der Waals surface area (Å²) >= 11 is 1.31. The van der Waals surface area contributed by atoms with Crippen molar-refractivity contribution in [2.24, 2.45) is 4.99 Å². The molecule has 2 aliphatic heterocycles. The highest BCUT2D eigenvalue weighted by Gasteiger charge is 2.38. The number of imide groups is 1. The third kappa shape index (κ3) is 4.45. The van der Waals surface area contributed by atoms with Gasteiger partial charge in [0.2, 0.25) is 11.8 Å². The lowest BCUT2D eigenvalue weighted by molar-refractivity contribution is -0.127. The molecule has 10 heteroatoms. The van der Waals surface area contributed by atoms with E-state index in [1.807, 2.05) is 0 Å². The van der Waals surface area contributed by atoms with Crippen molar-refractivity contribution in [3.63, 3.8) is 0 Å². The quantitative estimate of drug-likeness (QED) is 0.770. The highest BCUT2D eigenvalue weighted by molar-refractivity contribution is 8.04. The van der Waals surface area contributed by atoms with Crippen molar-refractivity contribution in [2.45, 2.75) is 23.0 Å². The zero-order valence-electron chi connectivity index (χ0n) is 14.4. The molecular formula is C17H17N3O5S2. The molecule has 0 radical (unpaired) electrons. The molecular weight excluding hydrogens is 390 g/mol. The number of hydrogen-bond acceptors (Lipinski definition) is 6. The number of hydrogen-bond donors (Lipinski definition) is 1. The number of urea groups is 1. The Bertz CT molecular complexity index is 951. The number of sulfone groups is 1. The second kappa shape index (κ2) is 7.65. The van der Waals surface area contributed by atoms with Gasteiger partial charge in [0.1, 0.15) is 5.25 Å². The van der Waals surface area contributed by atoms with Crippen LogP contribution >= 0.6 is 11.8 Å². The van der Waals surface area contributed by atoms with Crippen LogP contribution in [0.1, 0.15) is 12.8 Å². The molecule has 0 bridgehead atoms. The second-order valence-electron chi connectivity index (χ2n) is 6.08. The van der Waals surface area contributed by atoms with Crippen LogP contribution in [0.2, 0.25) is 0 Å². The molecule has 2 heterocycles. The summed E-state index contributed by atoms with van der Waals surface area (Å²) in [7, 11) is -3.29. The molecule has 1 N–H and O–H groups in total. The molecule has 8 nitrogen and oxygen atoms in total. The minimum atomic E-state index is -3.29. The number of aliphatic imine (C=N–C) groups is 1. The van der Waals surface area contributed by atoms with Crippen LogP contribution in [-0.2, 0) is 19.4 Å². The summed E-state index contributed by atoms with van der Waals surface area (Å²) in [5.74, 6) is -0.600. The third-order valence-corrected chi connectivity index (χ3v) is 6.16. The number of carbonyl (C=O) groups is 3. The highest BCUT2D eigenvalue weighted by atomic mass is 32.2. The maximum atomic E-state index is 12.3. The van der Waals surface area contributed by atoms with E-state index in [1.54, 1.807) is 11.5 Å². The molecule has 0 aromatic heterocycles. The Morgan fingerprint density at radius 1 is 1.26 bits per heavy atom. The minimum absolute atomic E-state index is 0.109. The Morgan fingerprint density at radius 2 is 1.96 bits per heavy atom. The van der Waals surface area contributed by atoms with Gasteiger partial charge < -0.3 is 5.32 Å². The van der Waals surface area contributed by atoms with E-state index in [0.717, 1.165) is 11.2 Å². The number of amides is 4. The van der Waals surface area contributed by atoms with E-state index in [2.05, 4.69) is 10.3 Å². The van der Waals surface area contributed by atoms with Crippen LogP contribution in [0.25, 0.3) is 0 Å². The van der Waals surface area contributed by atoms with Crippen LogP contribution < -0.4 is 5.32 Å². The summed E-state index contributed by atoms with van der Waals surface area (Å²) in [5.41, 5.74) is 0.946. The minimum Gasteiger partial charge on any atom is -0.326 e. The molecule has 1 unspecified atom stereocenters. The van der Waals surface area contributed by atoms with Crippen molar-refractivity contribution in [1.82, 2.24) is 4.90 Å². The molecule has 0 spiro atoms. The number of fused-ring (bicyclic) bond motifs is 1. The van der Waals surface area contributed by atoms with Gasteiger partial charge >= 0.3 is 6.03 Å². The van der Waals surface area contributed by atoms with E-state index < -0.39 is 21.1 Å². The second-order valence-corrected chi connectivity index (χ2v) is 9.11. The predicted octanol–water partition coefficient (Wildman–Crippen LogP) is 1.84. The van der Waals surface area contributed by atoms with Gasteiger partial charge in [-0.15, -0.1) is 11.8 Å². The van der Waals surface area contributed by atoms with Crippen molar-refractivity contribution in [2.75, 3.05) is 18.1 Å². The van der Waals surface area contributed by atoms with Crippen molar-refractivity contribution in [3.8, 4) is 0 Å². The molecule has 1 atom stereocenters. The topological polar surface area (TPSA) is 113 Å². The van der Waals surface area contributed by atoms with Crippen LogP contribution in [0.3, 0.4) is 0 Å². The maximum absolute atomic E-state index is 12.3. The number of benzene rings is 1. The van der Waals surface area contributed by atoms with Gasteiger partial charge in [-0.1, -0.05) is 0 Å². The zero-order valence-corrected chi connectivity index (χ0v) is 16.0. The van der Waals surface area contributed by atoms with Crippen LogP contribution in [0.15, 0.2) is 45.6 Å². The van der Waals surface area contributed by atoms with Gasteiger partial charge in [-0.25, -0.2) is 13.2 Å². The van der Waals surface area contributed by atoms with E-state index in [1.165, 1.54) is 36.0 Å². The lowest BCUT2D eigenvalue weighted by atomic mass is 10.2. The fourth-order valence-electron chi connectivity index (χ4n) is 2.64. The largest absolute Gasteiger partial charge is 0.350 e. The van der Waals surface area contributed by atoms with Gasteiger partial charge in [-0.3, -0.25) is 14.5 Å². The predicted molar refractivity (Wildman–Crippen MR) is 102 cm³/mol. The molecule has 0 aliphatic carbocycles. The summed E-state index contributed by atoms with van der Waals surface area (Å²) in [6.07, 6.45) is 3.18. The highest BCUT2D eigenvalue weighted by Crippen LogP contribution is 2.27. The van der Waals surface area contributed by atoms with Crippen molar-refractivity contribution >= 4 is 50.8 Å². The van der Waals surface area contributed by atoms with Gasteiger partial charge in [0.05, 0.1) is 10.6 Å². The molecule has 0 saturated carbocycles. The van der Waals surface area contributed by atoms with Gasteiger partial charge in [0, 0.05) is 24.9 Å². The van der Waals surface area contributed by atoms with Gasteiger partial charge in [0.25, 0.3) is 0 Å². The smallest absolute Gasteiger partial charge is 0.326 e. The lowest BCUT2D eigenvalue weighted by Gasteiger charge is -2.25. The van der Waals surface area contributed by atoms with E-state index in [0.29, 0.717) is 17.8 Å². The molecule has 1 aromatic rings. The molecule has 142 valence electrons. The fourth-order valence-corrected chi connectivity index (χ4v) is 4.16. The van der Waals surface area contributed by atoms with Crippen LogP contribution in [0.4, 0.5) is 10.5 Å². The van der Waals surface area contributed by atoms with E-state index in [-0.39, 0.29) is 29.7 Å². The Morgan fingerprint density at radius 3 is 2.63 bits per heavy atom. The summed E-state index contributed by atoms with van der Waals surface area (Å²) < 4.78 is 22.8. The summed E-state index contributed by atoms with van der Waals surface area (Å²) in [5, 5.41) is 3.92. The molecule has 27 heavy (non-hydrogen) atoms. The van der Waals surface area contributed by atoms with E-state index in [4.69, 9.17) is 0 Å². The lowest BCUT2D eigenvalue weighted by Crippen LogP contribution is -2.47. The first-order valence-electron chi connectivity index (χ1n) is 8.11. The summed E-state index contributed by atoms with van der Waals surface area (Å²) in [6.45, 7) is 0.117. The zero-order chi connectivity index (χ0) is 19.6. The van der Waals surface area contributed by atoms with E-state index >= 15 is 0 Å². The summed E-state index contributed by atoms with van der Waals surface area (Å²) in [4.78, 5) is 41.4. The van der Waals surface area contributed by atoms with Crippen molar-refractivity contribution in [3.05, 3.63) is 35.7 Å². The van der Waals surface area contributed by atoms with Crippen LogP contribution in [0.5, 0.6) is 0 Å². The SMILES string of the molecule is CS(=O)(=O)c1ccc(NC(=O)CCCN2C(=O)N=C3C=CSC3C2=O)cc1. The standard InChI is InChI=1S/C17H17N3O5S2/c1-27(24,25)12-6-4-11(5-7-12)18-14(21)3-2-9-20-16(22)15-13(8-10-26-15)19-17(20)23/h4-8,10,15H,2-3,9H2,1H3,(H,18,21). The first kappa shape index (κ1) is 19.3. The number of allylic oxidation sites excluding steroid dienone is 1. The van der Waals surface area contributed by atoms with Crippen LogP contribution in [-0.4, -0.2) is 54.9 Å². The van der Waals surface area contributed by atoms with E-state index in [9.17, 15) is 22.8 Å². The Labute approximate surface area is 160 Å². The maximum Gasteiger partial charge on any atom is 0.350 e. The number of nitrogens with zero attached hydrogens (tertiary/aromatic N) is 2. The number of anilines is 1. The van der Waals surface area contributed by atoms with Crippen molar-refractivity contribution < 1.29 is 22.8 Å². The van der Waals surface area contributed by atoms with Gasteiger partial charge in [0.15, 0.2) is 9.84 Å². The molecule has 0 fully saturated rings. The van der Waals surface area contributed by atoms with Gasteiger partial charge in [-0.05, 0) is 42.2 Å². The average Bonchev–Trinajstić information content (AvgIpc) is 3.06. The van der Waals surface area contributed by atoms with Crippen molar-refractivity contribution in [1.29, 1.82) is 0 Å². The Hall–Kier alpha value is -2.46. The molecule has 0 saturated heterocycles. The third-order valence-electron chi connectivity index (χ3n) is 4.02. The Kier molecular flexibility index (Phi) is 5.47. The van der Waals surface area contributed by atoms with Crippen LogP contribution in [0, 0.1) is 0 Å². The Balaban J connectivity index is 1.50. The number of carbonyl (C=O) groups excluding carboxylic acids is 3. The van der Waals surface area contributed by atoms with Gasteiger partial charge in [-0.2, -0.15) is 4.99 Å². The summed E-state index contributed by atoms with van der Waals surface area (Å²) in [6, 6.07) is 5.24. The molecule has 2 aliphatic rings. The molecule has 4 amide bonds. The number of thioether (sulfide) groups is 1. The number of rotatable bonds is 6. The first-order valence-corrected chi connectivity index (χ1v) is 10.9. The first-order chi connectivity index (χ1) is 12.8. The fraction of sp³-hybridized carbons (Fsp3) is 0.294. The monoisotopic (exact) mass is 407 g/mol. The number of nitrogens with one attached hydrogen (secondary N) is 1. The normalized spacial score (nSPS) is 19.1. The average molecular weight is 407 g/mol. The molecule has 3 rings (SSSR count).